The minimum absolute atomic E-state index is 0.359. The standard InChI is InChI=1S/C14H15N7/c1-20-7-17-12-13(20)15-6-16-14(12)21-8-2-3-11(21)9-5-18-19-10(9)4-8/h5-8,11H,2-4H2,1H3,(H,18,19). The van der Waals surface area contributed by atoms with Crippen LogP contribution >= 0.6 is 0 Å². The van der Waals surface area contributed by atoms with Crippen molar-refractivity contribution in [1.82, 2.24) is 29.7 Å². The van der Waals surface area contributed by atoms with Crippen LogP contribution in [0.25, 0.3) is 11.2 Å². The normalized spacial score (nSPS) is 23.8. The molecular weight excluding hydrogens is 266 g/mol. The summed E-state index contributed by atoms with van der Waals surface area (Å²) in [5, 5.41) is 7.36. The lowest BCUT2D eigenvalue weighted by molar-refractivity contribution is 0.587. The van der Waals surface area contributed by atoms with Crippen LogP contribution in [0.1, 0.15) is 30.1 Å². The van der Waals surface area contributed by atoms with E-state index in [-0.39, 0.29) is 0 Å². The monoisotopic (exact) mass is 281 g/mol. The van der Waals surface area contributed by atoms with E-state index in [0.717, 1.165) is 29.8 Å². The molecule has 106 valence electrons. The summed E-state index contributed by atoms with van der Waals surface area (Å²) in [4.78, 5) is 15.8. The van der Waals surface area contributed by atoms with E-state index in [4.69, 9.17) is 0 Å². The summed E-state index contributed by atoms with van der Waals surface area (Å²) < 4.78 is 1.94. The van der Waals surface area contributed by atoms with E-state index in [9.17, 15) is 0 Å². The quantitative estimate of drug-likeness (QED) is 0.728. The molecule has 2 unspecified atom stereocenters. The SMILES string of the molecule is Cn1cnc2c(N3C4CCC3c3cn[nH]c3C4)ncnc21. The summed E-state index contributed by atoms with van der Waals surface area (Å²) >= 11 is 0. The number of hydrogen-bond acceptors (Lipinski definition) is 5. The van der Waals surface area contributed by atoms with Gasteiger partial charge in [0.2, 0.25) is 0 Å². The van der Waals surface area contributed by atoms with E-state index < -0.39 is 0 Å². The van der Waals surface area contributed by atoms with E-state index in [1.54, 1.807) is 12.7 Å². The zero-order chi connectivity index (χ0) is 14.0. The van der Waals surface area contributed by atoms with Crippen LogP contribution in [-0.4, -0.2) is 35.8 Å². The van der Waals surface area contributed by atoms with Crippen molar-refractivity contribution in [2.24, 2.45) is 7.05 Å². The maximum absolute atomic E-state index is 4.55. The zero-order valence-corrected chi connectivity index (χ0v) is 11.7. The molecule has 21 heavy (non-hydrogen) atoms. The van der Waals surface area contributed by atoms with Crippen LogP contribution in [0.15, 0.2) is 18.9 Å². The minimum atomic E-state index is 0.359. The van der Waals surface area contributed by atoms with Crippen molar-refractivity contribution in [3.8, 4) is 0 Å². The van der Waals surface area contributed by atoms with Gasteiger partial charge >= 0.3 is 0 Å². The Morgan fingerprint density at radius 2 is 2.19 bits per heavy atom. The fourth-order valence-electron chi connectivity index (χ4n) is 3.84. The summed E-state index contributed by atoms with van der Waals surface area (Å²) in [5.41, 5.74) is 4.37. The van der Waals surface area contributed by atoms with E-state index in [0.29, 0.717) is 12.1 Å². The fraction of sp³-hybridized carbons (Fsp3) is 0.429. The van der Waals surface area contributed by atoms with Gasteiger partial charge in [0.05, 0.1) is 18.6 Å². The van der Waals surface area contributed by atoms with Gasteiger partial charge in [-0.2, -0.15) is 5.10 Å². The molecule has 2 aliphatic rings. The molecule has 0 radical (unpaired) electrons. The molecule has 1 saturated heterocycles. The summed E-state index contributed by atoms with van der Waals surface area (Å²) in [7, 11) is 1.96. The number of nitrogens with one attached hydrogen (secondary N) is 1. The smallest absolute Gasteiger partial charge is 0.165 e. The first kappa shape index (κ1) is 11.2. The third kappa shape index (κ3) is 1.38. The van der Waals surface area contributed by atoms with Gasteiger partial charge in [0.15, 0.2) is 17.0 Å². The van der Waals surface area contributed by atoms with Gasteiger partial charge in [0, 0.05) is 30.8 Å². The van der Waals surface area contributed by atoms with Crippen molar-refractivity contribution in [2.45, 2.75) is 31.3 Å². The molecule has 2 bridgehead atoms. The van der Waals surface area contributed by atoms with Gasteiger partial charge in [-0.3, -0.25) is 5.10 Å². The topological polar surface area (TPSA) is 75.5 Å². The van der Waals surface area contributed by atoms with Crippen LogP contribution in [0.2, 0.25) is 0 Å². The van der Waals surface area contributed by atoms with Gasteiger partial charge in [0.25, 0.3) is 0 Å². The number of aromatic amines is 1. The molecule has 5 rings (SSSR count). The Kier molecular flexibility index (Phi) is 2.04. The number of rotatable bonds is 1. The Morgan fingerprint density at radius 1 is 1.24 bits per heavy atom. The first-order valence-corrected chi connectivity index (χ1v) is 7.25. The van der Waals surface area contributed by atoms with Crippen molar-refractivity contribution < 1.29 is 0 Å². The third-order valence-electron chi connectivity index (χ3n) is 4.78. The Morgan fingerprint density at radius 3 is 3.14 bits per heavy atom. The highest BCUT2D eigenvalue weighted by Crippen LogP contribution is 2.46. The first-order valence-electron chi connectivity index (χ1n) is 7.25. The van der Waals surface area contributed by atoms with Crippen molar-refractivity contribution >= 4 is 17.0 Å². The second kappa shape index (κ2) is 3.81. The highest BCUT2D eigenvalue weighted by Gasteiger charge is 2.42. The van der Waals surface area contributed by atoms with Gasteiger partial charge < -0.3 is 9.47 Å². The maximum atomic E-state index is 4.55. The number of H-pyrrole nitrogens is 1. The van der Waals surface area contributed by atoms with Crippen molar-refractivity contribution in [2.75, 3.05) is 4.90 Å². The molecule has 7 heteroatoms. The number of fused-ring (bicyclic) bond motifs is 5. The molecule has 2 aliphatic heterocycles. The molecule has 0 aliphatic carbocycles. The summed E-state index contributed by atoms with van der Waals surface area (Å²) in [6.45, 7) is 0. The maximum Gasteiger partial charge on any atom is 0.165 e. The number of hydrogen-bond donors (Lipinski definition) is 1. The van der Waals surface area contributed by atoms with Crippen molar-refractivity contribution in [3.05, 3.63) is 30.1 Å². The molecule has 0 aromatic carbocycles. The second-order valence-electron chi connectivity index (χ2n) is 5.89. The minimum Gasteiger partial charge on any atom is -0.344 e. The second-order valence-corrected chi connectivity index (χ2v) is 5.89. The van der Waals surface area contributed by atoms with Gasteiger partial charge in [-0.05, 0) is 12.8 Å². The highest BCUT2D eigenvalue weighted by atomic mass is 15.3. The van der Waals surface area contributed by atoms with Crippen LogP contribution in [0, 0.1) is 0 Å². The van der Waals surface area contributed by atoms with Gasteiger partial charge in [0.1, 0.15) is 6.33 Å². The summed E-state index contributed by atoms with van der Waals surface area (Å²) in [6.07, 6.45) is 8.75. The predicted molar refractivity (Wildman–Crippen MR) is 76.8 cm³/mol. The Bertz CT molecular complexity index is 833. The molecule has 7 nitrogen and oxygen atoms in total. The van der Waals surface area contributed by atoms with Crippen LogP contribution in [0.3, 0.4) is 0 Å². The van der Waals surface area contributed by atoms with Crippen LogP contribution in [0.5, 0.6) is 0 Å². The number of anilines is 1. The zero-order valence-electron chi connectivity index (χ0n) is 11.7. The molecule has 0 amide bonds. The Hall–Kier alpha value is -2.44. The molecule has 1 fully saturated rings. The molecule has 3 aromatic rings. The number of aryl methyl sites for hydroxylation is 1. The van der Waals surface area contributed by atoms with E-state index in [1.807, 2.05) is 17.8 Å². The average molecular weight is 281 g/mol. The third-order valence-corrected chi connectivity index (χ3v) is 4.78. The van der Waals surface area contributed by atoms with E-state index in [2.05, 4.69) is 30.0 Å². The molecule has 0 saturated carbocycles. The predicted octanol–water partition coefficient (Wildman–Crippen LogP) is 1.35. The molecule has 1 N–H and O–H groups in total. The molecule has 2 atom stereocenters. The first-order chi connectivity index (χ1) is 10.3. The van der Waals surface area contributed by atoms with Crippen LogP contribution < -0.4 is 4.90 Å². The highest BCUT2D eigenvalue weighted by molar-refractivity contribution is 5.84. The number of nitrogens with zero attached hydrogens (tertiary/aromatic N) is 6. The lowest BCUT2D eigenvalue weighted by atomic mass is 10.0. The van der Waals surface area contributed by atoms with Gasteiger partial charge in [-0.1, -0.05) is 0 Å². The summed E-state index contributed by atoms with van der Waals surface area (Å²) in [6, 6.07) is 0.834. The van der Waals surface area contributed by atoms with E-state index >= 15 is 0 Å². The van der Waals surface area contributed by atoms with Gasteiger partial charge in [-0.15, -0.1) is 0 Å². The Labute approximate surface area is 121 Å². The molecular formula is C14H15N7. The molecule has 0 spiro atoms. The van der Waals surface area contributed by atoms with E-state index in [1.165, 1.54) is 17.7 Å². The van der Waals surface area contributed by atoms with Crippen molar-refractivity contribution in [3.63, 3.8) is 0 Å². The van der Waals surface area contributed by atoms with Crippen molar-refractivity contribution in [1.29, 1.82) is 0 Å². The number of aromatic nitrogens is 6. The van der Waals surface area contributed by atoms with Crippen LogP contribution in [-0.2, 0) is 13.5 Å². The molecule has 5 heterocycles. The van der Waals surface area contributed by atoms with Crippen LogP contribution in [0.4, 0.5) is 5.82 Å². The van der Waals surface area contributed by atoms with Gasteiger partial charge in [-0.25, -0.2) is 15.0 Å². The largest absolute Gasteiger partial charge is 0.344 e. The number of imidazole rings is 1. The average Bonchev–Trinajstić information content (AvgIpc) is 3.18. The fourth-order valence-corrected chi connectivity index (χ4v) is 3.84. The lowest BCUT2D eigenvalue weighted by Crippen LogP contribution is -2.38. The summed E-state index contributed by atoms with van der Waals surface area (Å²) in [5.74, 6) is 0.958. The Balaban J connectivity index is 1.71. The molecule has 3 aromatic heterocycles. The lowest BCUT2D eigenvalue weighted by Gasteiger charge is -2.35.